The predicted molar refractivity (Wildman–Crippen MR) is 94.4 cm³/mol. The summed E-state index contributed by atoms with van der Waals surface area (Å²) in [6.45, 7) is 7.04. The summed E-state index contributed by atoms with van der Waals surface area (Å²) in [5.74, 6) is 2.32. The molecule has 1 saturated heterocycles. The zero-order valence-electron chi connectivity index (χ0n) is 14.5. The molecule has 1 aliphatic rings. The highest BCUT2D eigenvalue weighted by atomic mass is 16.5. The summed E-state index contributed by atoms with van der Waals surface area (Å²) in [5.41, 5.74) is 2.36. The molecule has 0 spiro atoms. The predicted octanol–water partition coefficient (Wildman–Crippen LogP) is 2.65. The number of aromatic amines is 1. The average Bonchev–Trinajstić information content (AvgIpc) is 3.07. The van der Waals surface area contributed by atoms with Crippen LogP contribution in [0.5, 0.6) is 5.75 Å². The van der Waals surface area contributed by atoms with Crippen molar-refractivity contribution in [1.82, 2.24) is 14.9 Å². The van der Waals surface area contributed by atoms with E-state index in [0.29, 0.717) is 19.1 Å². The Balaban J connectivity index is 1.48. The van der Waals surface area contributed by atoms with Gasteiger partial charge in [0.15, 0.2) is 0 Å². The van der Waals surface area contributed by atoms with Crippen LogP contribution in [-0.4, -0.2) is 52.3 Å². The molecule has 2 unspecified atom stereocenters. The number of likely N-dealkylation sites (tertiary alicyclic amines) is 1. The standard InChI is InChI=1S/C19H27N3O2/c1-14-8-15(2)10-18(9-14)24-13-17(23)12-22-7-3-4-16(11-22)19-20-5-6-21-19/h5-6,8-10,16-17,23H,3-4,7,11-13H2,1-2H3,(H,20,21). The molecule has 1 aromatic heterocycles. The van der Waals surface area contributed by atoms with Crippen LogP contribution in [0.3, 0.4) is 0 Å². The molecule has 2 atom stereocenters. The van der Waals surface area contributed by atoms with Crippen LogP contribution in [0.4, 0.5) is 0 Å². The summed E-state index contributed by atoms with van der Waals surface area (Å²) in [6, 6.07) is 6.13. The monoisotopic (exact) mass is 329 g/mol. The number of aliphatic hydroxyl groups excluding tert-OH is 1. The van der Waals surface area contributed by atoms with E-state index in [4.69, 9.17) is 4.74 Å². The van der Waals surface area contributed by atoms with Gasteiger partial charge in [-0.25, -0.2) is 4.98 Å². The van der Waals surface area contributed by atoms with Gasteiger partial charge in [-0.15, -0.1) is 0 Å². The number of hydrogen-bond donors (Lipinski definition) is 2. The molecule has 2 N–H and O–H groups in total. The molecule has 24 heavy (non-hydrogen) atoms. The quantitative estimate of drug-likeness (QED) is 0.855. The Morgan fingerprint density at radius 3 is 2.83 bits per heavy atom. The molecule has 1 aliphatic heterocycles. The van der Waals surface area contributed by atoms with Gasteiger partial charge >= 0.3 is 0 Å². The first-order valence-electron chi connectivity index (χ1n) is 8.71. The van der Waals surface area contributed by atoms with Gasteiger partial charge in [0.25, 0.3) is 0 Å². The summed E-state index contributed by atoms with van der Waals surface area (Å²) in [7, 11) is 0. The van der Waals surface area contributed by atoms with Crippen molar-refractivity contribution < 1.29 is 9.84 Å². The first-order chi connectivity index (χ1) is 11.6. The van der Waals surface area contributed by atoms with E-state index in [1.54, 1.807) is 6.20 Å². The molecule has 1 aromatic carbocycles. The van der Waals surface area contributed by atoms with Gasteiger partial charge in [-0.05, 0) is 56.5 Å². The molecule has 0 amide bonds. The van der Waals surface area contributed by atoms with Gasteiger partial charge in [-0.3, -0.25) is 4.90 Å². The molecule has 130 valence electrons. The Morgan fingerprint density at radius 1 is 1.33 bits per heavy atom. The molecule has 0 aliphatic carbocycles. The minimum atomic E-state index is -0.485. The zero-order chi connectivity index (χ0) is 16.9. The maximum Gasteiger partial charge on any atom is 0.119 e. The highest BCUT2D eigenvalue weighted by molar-refractivity contribution is 5.33. The number of aryl methyl sites for hydroxylation is 2. The number of β-amino-alcohol motifs (C(OH)–C–C–N with tert-alkyl or cyclic N) is 1. The van der Waals surface area contributed by atoms with Gasteiger partial charge < -0.3 is 14.8 Å². The molecule has 2 aromatic rings. The van der Waals surface area contributed by atoms with Crippen molar-refractivity contribution in [3.63, 3.8) is 0 Å². The van der Waals surface area contributed by atoms with Crippen LogP contribution >= 0.6 is 0 Å². The van der Waals surface area contributed by atoms with Crippen molar-refractivity contribution in [2.75, 3.05) is 26.2 Å². The number of aromatic nitrogens is 2. The van der Waals surface area contributed by atoms with Gasteiger partial charge in [0.1, 0.15) is 24.3 Å². The number of benzene rings is 1. The Hall–Kier alpha value is -1.85. The Kier molecular flexibility index (Phi) is 5.53. The Bertz CT molecular complexity index is 622. The van der Waals surface area contributed by atoms with Crippen molar-refractivity contribution in [3.05, 3.63) is 47.5 Å². The van der Waals surface area contributed by atoms with Gasteiger partial charge in [0, 0.05) is 31.4 Å². The number of rotatable bonds is 6. The number of H-pyrrole nitrogens is 1. The smallest absolute Gasteiger partial charge is 0.119 e. The second-order valence-corrected chi connectivity index (χ2v) is 6.86. The molecule has 5 nitrogen and oxygen atoms in total. The van der Waals surface area contributed by atoms with E-state index in [1.165, 1.54) is 11.1 Å². The van der Waals surface area contributed by atoms with Gasteiger partial charge in [-0.1, -0.05) is 6.07 Å². The number of nitrogens with zero attached hydrogens (tertiary/aromatic N) is 2. The number of aliphatic hydroxyl groups is 1. The first kappa shape index (κ1) is 17.0. The first-order valence-corrected chi connectivity index (χ1v) is 8.71. The second kappa shape index (κ2) is 7.81. The minimum absolute atomic E-state index is 0.324. The highest BCUT2D eigenvalue weighted by Gasteiger charge is 2.24. The van der Waals surface area contributed by atoms with Crippen molar-refractivity contribution in [1.29, 1.82) is 0 Å². The van der Waals surface area contributed by atoms with E-state index in [9.17, 15) is 5.11 Å². The molecule has 0 radical (unpaired) electrons. The molecule has 3 rings (SSSR count). The fourth-order valence-corrected chi connectivity index (χ4v) is 3.50. The number of nitrogens with one attached hydrogen (secondary N) is 1. The molecule has 0 saturated carbocycles. The SMILES string of the molecule is Cc1cc(C)cc(OCC(O)CN2CCCC(c3ncc[nH]3)C2)c1. The summed E-state index contributed by atoms with van der Waals surface area (Å²) < 4.78 is 5.77. The molecule has 5 heteroatoms. The lowest BCUT2D eigenvalue weighted by atomic mass is 9.97. The lowest BCUT2D eigenvalue weighted by Gasteiger charge is -2.33. The van der Waals surface area contributed by atoms with E-state index in [1.807, 2.05) is 18.3 Å². The average molecular weight is 329 g/mol. The molecular formula is C19H27N3O2. The van der Waals surface area contributed by atoms with Crippen LogP contribution in [0.25, 0.3) is 0 Å². The molecular weight excluding hydrogens is 302 g/mol. The van der Waals surface area contributed by atoms with E-state index < -0.39 is 6.10 Å². The Morgan fingerprint density at radius 2 is 2.12 bits per heavy atom. The lowest BCUT2D eigenvalue weighted by Crippen LogP contribution is -2.41. The van der Waals surface area contributed by atoms with Gasteiger partial charge in [0.05, 0.1) is 0 Å². The third kappa shape index (κ3) is 4.58. The van der Waals surface area contributed by atoms with E-state index in [2.05, 4.69) is 34.8 Å². The lowest BCUT2D eigenvalue weighted by molar-refractivity contribution is 0.0578. The van der Waals surface area contributed by atoms with Crippen molar-refractivity contribution >= 4 is 0 Å². The Labute approximate surface area is 143 Å². The number of piperidine rings is 1. The van der Waals surface area contributed by atoms with Gasteiger partial charge in [-0.2, -0.15) is 0 Å². The van der Waals surface area contributed by atoms with Crippen LogP contribution in [0.15, 0.2) is 30.6 Å². The third-order valence-corrected chi connectivity index (χ3v) is 4.52. The van der Waals surface area contributed by atoms with E-state index >= 15 is 0 Å². The summed E-state index contributed by atoms with van der Waals surface area (Å²) in [5, 5.41) is 10.3. The normalized spacial score (nSPS) is 20.0. The zero-order valence-corrected chi connectivity index (χ0v) is 14.5. The number of hydrogen-bond acceptors (Lipinski definition) is 4. The second-order valence-electron chi connectivity index (χ2n) is 6.86. The molecule has 0 bridgehead atoms. The van der Waals surface area contributed by atoms with Crippen molar-refractivity contribution in [2.45, 2.75) is 38.7 Å². The van der Waals surface area contributed by atoms with E-state index in [-0.39, 0.29) is 0 Å². The maximum atomic E-state index is 10.3. The van der Waals surface area contributed by atoms with Gasteiger partial charge in [0.2, 0.25) is 0 Å². The largest absolute Gasteiger partial charge is 0.491 e. The van der Waals surface area contributed by atoms with Crippen molar-refractivity contribution in [2.24, 2.45) is 0 Å². The minimum Gasteiger partial charge on any atom is -0.491 e. The van der Waals surface area contributed by atoms with Crippen molar-refractivity contribution in [3.8, 4) is 5.75 Å². The van der Waals surface area contributed by atoms with Crippen LogP contribution in [0, 0.1) is 13.8 Å². The third-order valence-electron chi connectivity index (χ3n) is 4.52. The van der Waals surface area contributed by atoms with Crippen LogP contribution in [0.2, 0.25) is 0 Å². The van der Waals surface area contributed by atoms with E-state index in [0.717, 1.165) is 37.5 Å². The summed E-state index contributed by atoms with van der Waals surface area (Å²) in [6.07, 6.45) is 5.48. The topological polar surface area (TPSA) is 61.4 Å². The number of imidazole rings is 1. The van der Waals surface area contributed by atoms with Crippen LogP contribution in [0.1, 0.15) is 35.7 Å². The molecule has 1 fully saturated rings. The summed E-state index contributed by atoms with van der Waals surface area (Å²) >= 11 is 0. The van der Waals surface area contributed by atoms with Crippen LogP contribution in [-0.2, 0) is 0 Å². The summed E-state index contributed by atoms with van der Waals surface area (Å²) in [4.78, 5) is 9.90. The fourth-order valence-electron chi connectivity index (χ4n) is 3.50. The fraction of sp³-hybridized carbons (Fsp3) is 0.526. The molecule has 2 heterocycles. The van der Waals surface area contributed by atoms with Crippen LogP contribution < -0.4 is 4.74 Å². The maximum absolute atomic E-state index is 10.3. The number of ether oxygens (including phenoxy) is 1. The highest BCUT2D eigenvalue weighted by Crippen LogP contribution is 2.24.